The van der Waals surface area contributed by atoms with Gasteiger partial charge in [0.2, 0.25) is 5.91 Å². The van der Waals surface area contributed by atoms with E-state index in [1.54, 1.807) is 17.0 Å². The van der Waals surface area contributed by atoms with Crippen molar-refractivity contribution in [3.05, 3.63) is 42.0 Å². The van der Waals surface area contributed by atoms with Gasteiger partial charge in [-0.25, -0.2) is 0 Å². The van der Waals surface area contributed by atoms with Crippen LogP contribution in [-0.4, -0.2) is 37.7 Å². The lowest BCUT2D eigenvalue weighted by Crippen LogP contribution is -2.23. The van der Waals surface area contributed by atoms with E-state index < -0.39 is 0 Å². The summed E-state index contributed by atoms with van der Waals surface area (Å²) in [6.07, 6.45) is 2.41. The normalized spacial score (nSPS) is 17.5. The number of carbonyl (C=O) groups is 2. The number of rotatable bonds is 7. The topological polar surface area (TPSA) is 77.1 Å². The van der Waals surface area contributed by atoms with Crippen molar-refractivity contribution in [2.45, 2.75) is 39.2 Å². The van der Waals surface area contributed by atoms with Crippen molar-refractivity contribution >= 4 is 23.2 Å². The van der Waals surface area contributed by atoms with Crippen LogP contribution in [0.1, 0.15) is 32.3 Å². The van der Waals surface area contributed by atoms with Gasteiger partial charge in [-0.2, -0.15) is 0 Å². The fourth-order valence-corrected chi connectivity index (χ4v) is 3.79. The number of hydrogen-bond acceptors (Lipinski definition) is 5. The molecule has 0 aliphatic carbocycles. The summed E-state index contributed by atoms with van der Waals surface area (Å²) in [5.41, 5.74) is 2.50. The Hall–Kier alpha value is -3.22. The maximum atomic E-state index is 12.4. The second-order valence-electron chi connectivity index (χ2n) is 7.50. The fraction of sp³-hybridized carbons (Fsp3) is 0.391. The lowest BCUT2D eigenvalue weighted by Gasteiger charge is -2.16. The lowest BCUT2D eigenvalue weighted by molar-refractivity contribution is -0.118. The molecular weight excluding hydrogens is 384 g/mol. The summed E-state index contributed by atoms with van der Waals surface area (Å²) in [5.74, 6) is 1.81. The first kappa shape index (κ1) is 20.1. The Kier molecular flexibility index (Phi) is 5.79. The van der Waals surface area contributed by atoms with Crippen molar-refractivity contribution in [3.8, 4) is 17.2 Å². The molecule has 0 radical (unpaired) electrons. The molecule has 2 aliphatic heterocycles. The summed E-state index contributed by atoms with van der Waals surface area (Å²) < 4.78 is 17.1. The second-order valence-corrected chi connectivity index (χ2v) is 7.50. The Morgan fingerprint density at radius 1 is 1.23 bits per heavy atom. The average molecular weight is 410 g/mol. The number of benzene rings is 2. The molecule has 2 aromatic rings. The first-order valence-electron chi connectivity index (χ1n) is 10.3. The van der Waals surface area contributed by atoms with Gasteiger partial charge in [-0.15, -0.1) is 0 Å². The van der Waals surface area contributed by atoms with Crippen molar-refractivity contribution in [1.82, 2.24) is 0 Å². The highest BCUT2D eigenvalue weighted by molar-refractivity contribution is 5.95. The molecule has 7 heteroatoms. The molecule has 0 aromatic heterocycles. The summed E-state index contributed by atoms with van der Waals surface area (Å²) in [6, 6.07) is 10.9. The Balaban J connectivity index is 1.37. The number of ether oxygens (including phenoxy) is 3. The third kappa shape index (κ3) is 4.35. The molecule has 158 valence electrons. The molecule has 1 saturated heterocycles. The number of carbonyl (C=O) groups excluding carboxylic acids is 2. The quantitative estimate of drug-likeness (QED) is 0.755. The molecule has 0 unspecified atom stereocenters. The number of amides is 2. The van der Waals surface area contributed by atoms with Gasteiger partial charge < -0.3 is 24.4 Å². The third-order valence-electron chi connectivity index (χ3n) is 5.16. The van der Waals surface area contributed by atoms with Gasteiger partial charge in [0.05, 0.1) is 12.3 Å². The summed E-state index contributed by atoms with van der Waals surface area (Å²) in [7, 11) is 0. The van der Waals surface area contributed by atoms with Gasteiger partial charge in [-0.05, 0) is 50.6 Å². The standard InChI is InChI=1S/C23H26N2O5/c1-3-28-21-12-16-11-15(2)30-20(16)13-19(21)24-22(26)14-29-18-8-6-17(7-9-18)25-10-4-5-23(25)27/h6-9,12-13,15H,3-5,10-11,14H2,1-2H3,(H,24,26)/t15-/m1/s1. The van der Waals surface area contributed by atoms with E-state index in [2.05, 4.69) is 5.32 Å². The van der Waals surface area contributed by atoms with Crippen molar-refractivity contribution < 1.29 is 23.8 Å². The van der Waals surface area contributed by atoms with Crippen LogP contribution in [0.15, 0.2) is 36.4 Å². The zero-order chi connectivity index (χ0) is 21.1. The summed E-state index contributed by atoms with van der Waals surface area (Å²) in [6.45, 7) is 5.02. The molecule has 1 fully saturated rings. The molecular formula is C23H26N2O5. The Morgan fingerprint density at radius 3 is 2.73 bits per heavy atom. The molecule has 0 spiro atoms. The zero-order valence-corrected chi connectivity index (χ0v) is 17.3. The Morgan fingerprint density at radius 2 is 2.03 bits per heavy atom. The Bertz CT molecular complexity index is 941. The van der Waals surface area contributed by atoms with Crippen molar-refractivity contribution in [3.63, 3.8) is 0 Å². The maximum absolute atomic E-state index is 12.4. The van der Waals surface area contributed by atoms with E-state index in [4.69, 9.17) is 14.2 Å². The minimum atomic E-state index is -0.291. The van der Waals surface area contributed by atoms with Gasteiger partial charge in [-0.1, -0.05) is 0 Å². The molecule has 1 atom stereocenters. The van der Waals surface area contributed by atoms with E-state index in [9.17, 15) is 9.59 Å². The van der Waals surface area contributed by atoms with Gasteiger partial charge in [-0.3, -0.25) is 9.59 Å². The summed E-state index contributed by atoms with van der Waals surface area (Å²) in [5, 5.41) is 2.85. The van der Waals surface area contributed by atoms with E-state index in [0.29, 0.717) is 30.2 Å². The molecule has 1 N–H and O–H groups in total. The highest BCUT2D eigenvalue weighted by Crippen LogP contribution is 2.38. The maximum Gasteiger partial charge on any atom is 0.262 e. The van der Waals surface area contributed by atoms with Gasteiger partial charge in [0.25, 0.3) is 5.91 Å². The predicted molar refractivity (Wildman–Crippen MR) is 114 cm³/mol. The first-order chi connectivity index (χ1) is 14.5. The van der Waals surface area contributed by atoms with E-state index in [-0.39, 0.29) is 24.5 Å². The molecule has 2 heterocycles. The van der Waals surface area contributed by atoms with Crippen LogP contribution in [0.3, 0.4) is 0 Å². The predicted octanol–water partition coefficient (Wildman–Crippen LogP) is 3.55. The van der Waals surface area contributed by atoms with Crippen LogP contribution in [0.5, 0.6) is 17.2 Å². The number of fused-ring (bicyclic) bond motifs is 1. The molecule has 2 amide bonds. The molecule has 0 bridgehead atoms. The van der Waals surface area contributed by atoms with Crippen LogP contribution < -0.4 is 24.4 Å². The largest absolute Gasteiger partial charge is 0.492 e. The van der Waals surface area contributed by atoms with Crippen LogP contribution in [0.25, 0.3) is 0 Å². The number of anilines is 2. The van der Waals surface area contributed by atoms with Crippen LogP contribution in [0.2, 0.25) is 0 Å². The van der Waals surface area contributed by atoms with Gasteiger partial charge >= 0.3 is 0 Å². The van der Waals surface area contributed by atoms with Crippen LogP contribution in [-0.2, 0) is 16.0 Å². The fourth-order valence-electron chi connectivity index (χ4n) is 3.79. The molecule has 7 nitrogen and oxygen atoms in total. The molecule has 0 saturated carbocycles. The van der Waals surface area contributed by atoms with Crippen LogP contribution in [0.4, 0.5) is 11.4 Å². The highest BCUT2D eigenvalue weighted by atomic mass is 16.5. The molecule has 4 rings (SSSR count). The molecule has 30 heavy (non-hydrogen) atoms. The lowest BCUT2D eigenvalue weighted by atomic mass is 10.1. The summed E-state index contributed by atoms with van der Waals surface area (Å²) >= 11 is 0. The minimum Gasteiger partial charge on any atom is -0.492 e. The monoisotopic (exact) mass is 410 g/mol. The SMILES string of the molecule is CCOc1cc2c(cc1NC(=O)COc1ccc(N3CCCC3=O)cc1)O[C@H](C)C2. The van der Waals surface area contributed by atoms with Crippen LogP contribution in [0, 0.1) is 0 Å². The number of hydrogen-bond donors (Lipinski definition) is 1. The first-order valence-corrected chi connectivity index (χ1v) is 10.3. The molecule has 2 aliphatic rings. The van der Waals surface area contributed by atoms with Gasteiger partial charge in [0, 0.05) is 36.7 Å². The van der Waals surface area contributed by atoms with E-state index in [1.165, 1.54) is 0 Å². The highest BCUT2D eigenvalue weighted by Gasteiger charge is 2.23. The third-order valence-corrected chi connectivity index (χ3v) is 5.16. The Labute approximate surface area is 175 Å². The number of nitrogens with zero attached hydrogens (tertiary/aromatic N) is 1. The molecule has 2 aromatic carbocycles. The summed E-state index contributed by atoms with van der Waals surface area (Å²) in [4.78, 5) is 26.0. The van der Waals surface area contributed by atoms with Crippen molar-refractivity contribution in [2.75, 3.05) is 30.0 Å². The van der Waals surface area contributed by atoms with Gasteiger partial charge in [0.15, 0.2) is 6.61 Å². The van der Waals surface area contributed by atoms with E-state index in [1.807, 2.05) is 38.1 Å². The average Bonchev–Trinajstić information content (AvgIpc) is 3.31. The second kappa shape index (κ2) is 8.65. The van der Waals surface area contributed by atoms with Crippen molar-refractivity contribution in [2.24, 2.45) is 0 Å². The zero-order valence-electron chi connectivity index (χ0n) is 17.3. The van der Waals surface area contributed by atoms with Crippen LogP contribution >= 0.6 is 0 Å². The smallest absolute Gasteiger partial charge is 0.262 e. The van der Waals surface area contributed by atoms with Gasteiger partial charge in [0.1, 0.15) is 23.4 Å². The number of nitrogens with one attached hydrogen (secondary N) is 1. The minimum absolute atomic E-state index is 0.114. The van der Waals surface area contributed by atoms with E-state index >= 15 is 0 Å². The van der Waals surface area contributed by atoms with E-state index in [0.717, 1.165) is 36.4 Å². The van der Waals surface area contributed by atoms with Crippen molar-refractivity contribution in [1.29, 1.82) is 0 Å².